The molecule has 0 aliphatic carbocycles. The molecule has 0 radical (unpaired) electrons. The second-order valence-corrected chi connectivity index (χ2v) is 7.55. The summed E-state index contributed by atoms with van der Waals surface area (Å²) in [6.07, 6.45) is 5.04. The Balaban J connectivity index is 0.00000256. The molecule has 0 spiro atoms. The molecule has 8 nitrogen and oxygen atoms in total. The molecule has 2 amide bonds. The predicted molar refractivity (Wildman–Crippen MR) is 115 cm³/mol. The Morgan fingerprint density at radius 1 is 1.07 bits per heavy atom. The lowest BCUT2D eigenvalue weighted by atomic mass is 9.86. The second-order valence-electron chi connectivity index (χ2n) is 7.55. The number of carbonyl (C=O) groups excluding carboxylic acids is 2. The van der Waals surface area contributed by atoms with Crippen LogP contribution >= 0.6 is 12.4 Å². The van der Waals surface area contributed by atoms with Crippen molar-refractivity contribution in [3.63, 3.8) is 0 Å². The van der Waals surface area contributed by atoms with Gasteiger partial charge >= 0.3 is 0 Å². The third-order valence-electron chi connectivity index (χ3n) is 5.94. The van der Waals surface area contributed by atoms with Crippen molar-refractivity contribution in [1.82, 2.24) is 24.9 Å². The number of benzene rings is 1. The van der Waals surface area contributed by atoms with Crippen molar-refractivity contribution in [2.75, 3.05) is 46.4 Å². The molecule has 0 saturated carbocycles. The first-order valence-corrected chi connectivity index (χ1v) is 10.1. The number of amides is 2. The number of nitrogens with zero attached hydrogens (tertiary/aromatic N) is 4. The van der Waals surface area contributed by atoms with E-state index in [1.54, 1.807) is 25.4 Å². The van der Waals surface area contributed by atoms with E-state index in [4.69, 9.17) is 4.74 Å². The highest BCUT2D eigenvalue weighted by atomic mass is 35.5. The highest BCUT2D eigenvalue weighted by Crippen LogP contribution is 2.30. The predicted octanol–water partition coefficient (Wildman–Crippen LogP) is 1.38. The lowest BCUT2D eigenvalue weighted by Crippen LogP contribution is -2.59. The average Bonchev–Trinajstić information content (AvgIpc) is 3.34. The van der Waals surface area contributed by atoms with Gasteiger partial charge in [-0.1, -0.05) is 6.07 Å². The fourth-order valence-electron chi connectivity index (χ4n) is 4.25. The zero-order valence-electron chi connectivity index (χ0n) is 17.1. The van der Waals surface area contributed by atoms with E-state index >= 15 is 0 Å². The van der Waals surface area contributed by atoms with Crippen LogP contribution in [0.2, 0.25) is 0 Å². The molecule has 2 fully saturated rings. The number of piperidine rings is 1. The summed E-state index contributed by atoms with van der Waals surface area (Å²) in [5, 5.41) is 7.73. The first-order valence-electron chi connectivity index (χ1n) is 10.1. The molecule has 162 valence electrons. The summed E-state index contributed by atoms with van der Waals surface area (Å²) in [4.78, 5) is 30.1. The van der Waals surface area contributed by atoms with Gasteiger partial charge in [0.15, 0.2) is 0 Å². The number of methoxy groups -OCH3 is 1. The van der Waals surface area contributed by atoms with Crippen molar-refractivity contribution in [3.8, 4) is 5.75 Å². The van der Waals surface area contributed by atoms with Gasteiger partial charge in [0.25, 0.3) is 11.8 Å². The third-order valence-corrected chi connectivity index (χ3v) is 5.94. The largest absolute Gasteiger partial charge is 0.497 e. The van der Waals surface area contributed by atoms with Crippen molar-refractivity contribution >= 4 is 24.2 Å². The Kier molecular flexibility index (Phi) is 6.99. The highest BCUT2D eigenvalue weighted by Gasteiger charge is 2.45. The maximum atomic E-state index is 13.5. The number of carbonyl (C=O) groups is 2. The molecule has 3 heterocycles. The van der Waals surface area contributed by atoms with Crippen LogP contribution in [0.1, 0.15) is 23.2 Å². The molecule has 1 aromatic heterocycles. The fourth-order valence-corrected chi connectivity index (χ4v) is 4.25. The highest BCUT2D eigenvalue weighted by molar-refractivity contribution is 5.95. The van der Waals surface area contributed by atoms with Gasteiger partial charge in [0.2, 0.25) is 0 Å². The number of hydrogen-bond donors (Lipinski definition) is 1. The van der Waals surface area contributed by atoms with E-state index in [2.05, 4.69) is 10.4 Å². The van der Waals surface area contributed by atoms with Crippen LogP contribution in [0.15, 0.2) is 42.7 Å². The summed E-state index contributed by atoms with van der Waals surface area (Å²) in [6, 6.07) is 9.05. The molecular formula is C21H28ClN5O3. The molecule has 0 unspecified atom stereocenters. The van der Waals surface area contributed by atoms with Crippen molar-refractivity contribution < 1.29 is 14.3 Å². The zero-order chi connectivity index (χ0) is 20.3. The van der Waals surface area contributed by atoms with E-state index in [1.807, 2.05) is 38.9 Å². The third kappa shape index (κ3) is 4.15. The molecule has 0 atom stereocenters. The summed E-state index contributed by atoms with van der Waals surface area (Å²) >= 11 is 0. The zero-order valence-corrected chi connectivity index (χ0v) is 17.9. The Labute approximate surface area is 182 Å². The van der Waals surface area contributed by atoms with Crippen molar-refractivity contribution in [3.05, 3.63) is 48.3 Å². The van der Waals surface area contributed by atoms with Crippen LogP contribution in [-0.4, -0.2) is 77.8 Å². The summed E-state index contributed by atoms with van der Waals surface area (Å²) < 4.78 is 7.04. The molecule has 2 aliphatic rings. The smallest absolute Gasteiger partial charge is 0.254 e. The minimum absolute atomic E-state index is 0. The van der Waals surface area contributed by atoms with Gasteiger partial charge in [-0.05, 0) is 50.2 Å². The van der Waals surface area contributed by atoms with Gasteiger partial charge in [-0.25, -0.2) is 0 Å². The summed E-state index contributed by atoms with van der Waals surface area (Å²) in [7, 11) is 1.59. The van der Waals surface area contributed by atoms with Gasteiger partial charge in [0, 0.05) is 44.1 Å². The molecule has 2 aromatic rings. The summed E-state index contributed by atoms with van der Waals surface area (Å²) in [5.41, 5.74) is -0.0243. The van der Waals surface area contributed by atoms with Crippen LogP contribution in [0.5, 0.6) is 5.75 Å². The monoisotopic (exact) mass is 433 g/mol. The van der Waals surface area contributed by atoms with Gasteiger partial charge in [0.1, 0.15) is 11.3 Å². The van der Waals surface area contributed by atoms with Crippen molar-refractivity contribution in [2.24, 2.45) is 0 Å². The van der Waals surface area contributed by atoms with E-state index in [0.29, 0.717) is 37.5 Å². The molecule has 30 heavy (non-hydrogen) atoms. The van der Waals surface area contributed by atoms with Crippen LogP contribution in [-0.2, 0) is 10.3 Å². The van der Waals surface area contributed by atoms with E-state index in [9.17, 15) is 9.59 Å². The maximum Gasteiger partial charge on any atom is 0.254 e. The fraction of sp³-hybridized carbons (Fsp3) is 0.476. The van der Waals surface area contributed by atoms with Crippen LogP contribution < -0.4 is 10.1 Å². The van der Waals surface area contributed by atoms with E-state index in [0.717, 1.165) is 25.9 Å². The number of piperazine rings is 1. The Bertz CT molecular complexity index is 859. The molecule has 9 heteroatoms. The van der Waals surface area contributed by atoms with Gasteiger partial charge in [-0.3, -0.25) is 14.3 Å². The molecule has 2 saturated heterocycles. The van der Waals surface area contributed by atoms with Gasteiger partial charge < -0.3 is 19.9 Å². The number of halogens is 1. The number of aromatic nitrogens is 2. The number of rotatable bonds is 4. The van der Waals surface area contributed by atoms with Crippen molar-refractivity contribution in [1.29, 1.82) is 0 Å². The van der Waals surface area contributed by atoms with Gasteiger partial charge in [0.05, 0.1) is 7.11 Å². The van der Waals surface area contributed by atoms with E-state index in [1.165, 1.54) is 0 Å². The normalized spacial score (nSPS) is 18.4. The quantitative estimate of drug-likeness (QED) is 0.788. The number of nitrogens with one attached hydrogen (secondary N) is 1. The SMILES string of the molecule is COc1cccc(C(=O)N2CCN(C(=O)C3(n4cccn4)CCNCC3)CC2)c1.Cl. The standard InChI is InChI=1S/C21H27N5O3.ClH/c1-29-18-5-2-4-17(16-18)19(27)24-12-14-25(15-13-24)20(28)21(6-9-22-10-7-21)26-11-3-8-23-26;/h2-5,8,11,16,22H,6-7,9-10,12-15H2,1H3;1H. The second kappa shape index (κ2) is 9.49. The van der Waals surface area contributed by atoms with Crippen LogP contribution in [0.3, 0.4) is 0 Å². The molecule has 1 aromatic carbocycles. The van der Waals surface area contributed by atoms with Crippen LogP contribution in [0.25, 0.3) is 0 Å². The van der Waals surface area contributed by atoms with Crippen LogP contribution in [0.4, 0.5) is 0 Å². The molecular weight excluding hydrogens is 406 g/mol. The topological polar surface area (TPSA) is 79.7 Å². The maximum absolute atomic E-state index is 13.5. The summed E-state index contributed by atoms with van der Waals surface area (Å²) in [6.45, 7) is 3.69. The van der Waals surface area contributed by atoms with Crippen molar-refractivity contribution in [2.45, 2.75) is 18.4 Å². The van der Waals surface area contributed by atoms with Gasteiger partial charge in [-0.2, -0.15) is 5.10 Å². The van der Waals surface area contributed by atoms with Crippen LogP contribution in [0, 0.1) is 0 Å². The number of hydrogen-bond acceptors (Lipinski definition) is 5. The Morgan fingerprint density at radius 2 is 1.77 bits per heavy atom. The molecule has 4 rings (SSSR count). The molecule has 2 aliphatic heterocycles. The van der Waals surface area contributed by atoms with E-state index < -0.39 is 5.54 Å². The summed E-state index contributed by atoms with van der Waals surface area (Å²) in [5.74, 6) is 0.743. The minimum Gasteiger partial charge on any atom is -0.497 e. The lowest BCUT2D eigenvalue weighted by molar-refractivity contribution is -0.144. The number of ether oxygens (including phenoxy) is 1. The first kappa shape index (κ1) is 22.1. The molecule has 0 bridgehead atoms. The van der Waals surface area contributed by atoms with Gasteiger partial charge in [-0.15, -0.1) is 12.4 Å². The Morgan fingerprint density at radius 3 is 2.40 bits per heavy atom. The molecule has 1 N–H and O–H groups in total. The Hall–Kier alpha value is -2.58. The lowest BCUT2D eigenvalue weighted by Gasteiger charge is -2.43. The minimum atomic E-state index is -0.631. The average molecular weight is 434 g/mol. The first-order chi connectivity index (χ1) is 14.1. The van der Waals surface area contributed by atoms with E-state index in [-0.39, 0.29) is 24.2 Å².